The number of ether oxygens (including phenoxy) is 1. The van der Waals surface area contributed by atoms with Gasteiger partial charge in [0.05, 0.1) is 12.3 Å². The number of aromatic amines is 1. The number of hydrogen-bond acceptors (Lipinski definition) is 3. The smallest absolute Gasteiger partial charge is 0.342 e. The summed E-state index contributed by atoms with van der Waals surface area (Å²) in [6.07, 6.45) is 1.52. The molecule has 21 heavy (non-hydrogen) atoms. The van der Waals surface area contributed by atoms with E-state index in [9.17, 15) is 14.0 Å². The molecule has 0 bridgehead atoms. The molecular formula is C15H15FN2O3. The zero-order valence-corrected chi connectivity index (χ0v) is 11.7. The first kappa shape index (κ1) is 14.8. The molecule has 0 radical (unpaired) electrons. The predicted molar refractivity (Wildman–Crippen MR) is 75.8 cm³/mol. The number of benzene rings is 1. The van der Waals surface area contributed by atoms with Crippen LogP contribution < -0.4 is 5.32 Å². The fourth-order valence-electron chi connectivity index (χ4n) is 1.89. The van der Waals surface area contributed by atoms with Crippen molar-refractivity contribution in [1.82, 2.24) is 4.98 Å². The first-order chi connectivity index (χ1) is 10.0. The van der Waals surface area contributed by atoms with E-state index in [2.05, 4.69) is 10.3 Å². The Balaban J connectivity index is 2.22. The second-order valence-corrected chi connectivity index (χ2v) is 4.38. The topological polar surface area (TPSA) is 71.2 Å². The summed E-state index contributed by atoms with van der Waals surface area (Å²) in [7, 11) is 0. The van der Waals surface area contributed by atoms with Crippen molar-refractivity contribution in [1.29, 1.82) is 0 Å². The summed E-state index contributed by atoms with van der Waals surface area (Å²) in [5.41, 5.74) is 1.51. The van der Waals surface area contributed by atoms with Crippen molar-refractivity contribution < 1.29 is 18.7 Å². The van der Waals surface area contributed by atoms with Crippen molar-refractivity contribution in [3.63, 3.8) is 0 Å². The van der Waals surface area contributed by atoms with Gasteiger partial charge < -0.3 is 15.0 Å². The number of aromatic nitrogens is 1. The number of anilines is 1. The third kappa shape index (κ3) is 3.28. The maximum Gasteiger partial charge on any atom is 0.342 e. The molecule has 0 atom stereocenters. The summed E-state index contributed by atoms with van der Waals surface area (Å²) >= 11 is 0. The third-order valence-electron chi connectivity index (χ3n) is 2.91. The van der Waals surface area contributed by atoms with Gasteiger partial charge in [0.25, 0.3) is 5.91 Å². The van der Waals surface area contributed by atoms with Crippen LogP contribution in [0.15, 0.2) is 30.5 Å². The van der Waals surface area contributed by atoms with E-state index in [0.29, 0.717) is 16.9 Å². The highest BCUT2D eigenvalue weighted by molar-refractivity contribution is 6.08. The van der Waals surface area contributed by atoms with E-state index in [4.69, 9.17) is 4.74 Å². The summed E-state index contributed by atoms with van der Waals surface area (Å²) in [6.45, 7) is 3.66. The van der Waals surface area contributed by atoms with Crippen LogP contribution in [0.1, 0.15) is 33.3 Å². The Hall–Kier alpha value is -2.63. The summed E-state index contributed by atoms with van der Waals surface area (Å²) in [5, 5.41) is 2.61. The lowest BCUT2D eigenvalue weighted by Gasteiger charge is -2.07. The lowest BCUT2D eigenvalue weighted by atomic mass is 10.2. The van der Waals surface area contributed by atoms with Crippen molar-refractivity contribution >= 4 is 17.6 Å². The van der Waals surface area contributed by atoms with Crippen LogP contribution in [0.4, 0.5) is 10.1 Å². The molecule has 2 N–H and O–H groups in total. The third-order valence-corrected chi connectivity index (χ3v) is 2.91. The van der Waals surface area contributed by atoms with E-state index >= 15 is 0 Å². The highest BCUT2D eigenvalue weighted by Gasteiger charge is 2.19. The molecule has 110 valence electrons. The Morgan fingerprint density at radius 3 is 2.57 bits per heavy atom. The molecule has 1 amide bonds. The molecule has 1 heterocycles. The van der Waals surface area contributed by atoms with Gasteiger partial charge in [-0.25, -0.2) is 9.18 Å². The number of halogens is 1. The van der Waals surface area contributed by atoms with Crippen LogP contribution in [-0.2, 0) is 4.74 Å². The average molecular weight is 290 g/mol. The van der Waals surface area contributed by atoms with Crippen molar-refractivity contribution in [2.45, 2.75) is 13.8 Å². The number of rotatable bonds is 4. The maximum atomic E-state index is 12.8. The second kappa shape index (κ2) is 6.21. The SMILES string of the molecule is CCOC(=O)c1c(NC(=O)c2ccc(F)cc2)c[nH]c1C. The van der Waals surface area contributed by atoms with Crippen LogP contribution in [0.5, 0.6) is 0 Å². The molecule has 5 nitrogen and oxygen atoms in total. The number of aryl methyl sites for hydroxylation is 1. The molecular weight excluding hydrogens is 275 g/mol. The Labute approximate surface area is 121 Å². The Kier molecular flexibility index (Phi) is 4.37. The minimum Gasteiger partial charge on any atom is -0.462 e. The Morgan fingerprint density at radius 1 is 1.29 bits per heavy atom. The number of nitrogens with one attached hydrogen (secondary N) is 2. The first-order valence-electron chi connectivity index (χ1n) is 6.45. The molecule has 0 aliphatic heterocycles. The van der Waals surface area contributed by atoms with Crippen molar-refractivity contribution in [2.24, 2.45) is 0 Å². The number of H-pyrrole nitrogens is 1. The molecule has 0 unspecified atom stereocenters. The highest BCUT2D eigenvalue weighted by atomic mass is 19.1. The number of hydrogen-bond donors (Lipinski definition) is 2. The highest BCUT2D eigenvalue weighted by Crippen LogP contribution is 2.21. The van der Waals surface area contributed by atoms with Crippen LogP contribution in [-0.4, -0.2) is 23.5 Å². The molecule has 0 spiro atoms. The average Bonchev–Trinajstić information content (AvgIpc) is 2.80. The molecule has 2 aromatic rings. The molecule has 2 rings (SSSR count). The standard InChI is InChI=1S/C15H15FN2O3/c1-3-21-15(20)13-9(2)17-8-12(13)18-14(19)10-4-6-11(16)7-5-10/h4-8,17H,3H2,1-2H3,(H,18,19). The van der Waals surface area contributed by atoms with Crippen LogP contribution in [0, 0.1) is 12.7 Å². The van der Waals surface area contributed by atoms with Gasteiger partial charge in [-0.05, 0) is 38.1 Å². The Bertz CT molecular complexity index is 662. The van der Waals surface area contributed by atoms with Gasteiger partial charge in [0, 0.05) is 17.5 Å². The molecule has 0 aliphatic carbocycles. The van der Waals surface area contributed by atoms with E-state index in [1.165, 1.54) is 30.5 Å². The lowest BCUT2D eigenvalue weighted by molar-refractivity contribution is 0.0527. The maximum absolute atomic E-state index is 12.8. The minimum absolute atomic E-state index is 0.245. The van der Waals surface area contributed by atoms with E-state index in [-0.39, 0.29) is 12.2 Å². The van der Waals surface area contributed by atoms with Crippen molar-refractivity contribution in [3.8, 4) is 0 Å². The lowest BCUT2D eigenvalue weighted by Crippen LogP contribution is -2.15. The van der Waals surface area contributed by atoms with Crippen molar-refractivity contribution in [2.75, 3.05) is 11.9 Å². The van der Waals surface area contributed by atoms with Gasteiger partial charge in [-0.1, -0.05) is 0 Å². The molecule has 1 aromatic heterocycles. The summed E-state index contributed by atoms with van der Waals surface area (Å²) in [6, 6.07) is 5.13. The van der Waals surface area contributed by atoms with Crippen LogP contribution in [0.2, 0.25) is 0 Å². The summed E-state index contributed by atoms with van der Waals surface area (Å²) in [5.74, 6) is -1.36. The molecule has 0 saturated heterocycles. The van der Waals surface area contributed by atoms with Crippen molar-refractivity contribution in [3.05, 3.63) is 53.1 Å². The quantitative estimate of drug-likeness (QED) is 0.850. The Morgan fingerprint density at radius 2 is 1.95 bits per heavy atom. The van der Waals surface area contributed by atoms with Gasteiger partial charge in [0.2, 0.25) is 0 Å². The van der Waals surface area contributed by atoms with Crippen LogP contribution in [0.3, 0.4) is 0 Å². The zero-order valence-electron chi connectivity index (χ0n) is 11.7. The van der Waals surface area contributed by atoms with Gasteiger partial charge in [-0.2, -0.15) is 0 Å². The van der Waals surface area contributed by atoms with Gasteiger partial charge in [0.15, 0.2) is 0 Å². The van der Waals surface area contributed by atoms with Gasteiger partial charge in [0.1, 0.15) is 11.4 Å². The van der Waals surface area contributed by atoms with E-state index in [1.54, 1.807) is 13.8 Å². The monoisotopic (exact) mass is 290 g/mol. The minimum atomic E-state index is -0.509. The van der Waals surface area contributed by atoms with Gasteiger partial charge in [-0.3, -0.25) is 4.79 Å². The number of amides is 1. The summed E-state index contributed by atoms with van der Waals surface area (Å²) < 4.78 is 17.8. The zero-order chi connectivity index (χ0) is 15.4. The molecule has 0 fully saturated rings. The first-order valence-corrected chi connectivity index (χ1v) is 6.45. The predicted octanol–water partition coefficient (Wildman–Crippen LogP) is 2.89. The molecule has 1 aromatic carbocycles. The van der Waals surface area contributed by atoms with E-state index in [1.807, 2.05) is 0 Å². The number of esters is 1. The van der Waals surface area contributed by atoms with Gasteiger partial charge >= 0.3 is 5.97 Å². The fourth-order valence-corrected chi connectivity index (χ4v) is 1.89. The van der Waals surface area contributed by atoms with E-state index in [0.717, 1.165) is 0 Å². The van der Waals surface area contributed by atoms with Crippen LogP contribution in [0.25, 0.3) is 0 Å². The van der Waals surface area contributed by atoms with Gasteiger partial charge in [-0.15, -0.1) is 0 Å². The molecule has 6 heteroatoms. The molecule has 0 saturated carbocycles. The normalized spacial score (nSPS) is 10.2. The largest absolute Gasteiger partial charge is 0.462 e. The summed E-state index contributed by atoms with van der Waals surface area (Å²) in [4.78, 5) is 26.8. The van der Waals surface area contributed by atoms with E-state index < -0.39 is 17.7 Å². The van der Waals surface area contributed by atoms with Crippen LogP contribution >= 0.6 is 0 Å². The fraction of sp³-hybridized carbons (Fsp3) is 0.200. The second-order valence-electron chi connectivity index (χ2n) is 4.38. The molecule has 0 aliphatic rings. The number of carbonyl (C=O) groups is 2. The number of carbonyl (C=O) groups excluding carboxylic acids is 2.